The summed E-state index contributed by atoms with van der Waals surface area (Å²) in [7, 11) is 2.08. The van der Waals surface area contributed by atoms with E-state index in [0.29, 0.717) is 10.6 Å². The van der Waals surface area contributed by atoms with E-state index in [2.05, 4.69) is 27.7 Å². The Morgan fingerprint density at radius 2 is 2.50 bits per heavy atom. The molecule has 2 unspecified atom stereocenters. The van der Waals surface area contributed by atoms with Gasteiger partial charge in [-0.2, -0.15) is 9.64 Å². The number of aromatic nitrogens is 1. The predicted molar refractivity (Wildman–Crippen MR) is 72.2 cm³/mol. The molecule has 1 aliphatic rings. The van der Waals surface area contributed by atoms with Crippen LogP contribution >= 0.6 is 23.1 Å². The fourth-order valence-electron chi connectivity index (χ4n) is 1.88. The molecule has 5 nitrogen and oxygen atoms in total. The van der Waals surface area contributed by atoms with E-state index >= 15 is 0 Å². The van der Waals surface area contributed by atoms with Gasteiger partial charge in [-0.1, -0.05) is 11.6 Å². The molecule has 0 saturated carbocycles. The molecule has 2 heterocycles. The number of anilines is 1. The molecule has 1 aromatic heterocycles. The molecule has 0 radical (unpaired) electrons. The Bertz CT molecular complexity index is 458. The van der Waals surface area contributed by atoms with Crippen LogP contribution in [0.25, 0.3) is 0 Å². The number of rotatable bonds is 3. The van der Waals surface area contributed by atoms with Crippen LogP contribution < -0.4 is 5.32 Å². The Morgan fingerprint density at radius 3 is 3.17 bits per heavy atom. The highest BCUT2D eigenvalue weighted by Crippen LogP contribution is 2.28. The average molecular weight is 287 g/mol. The minimum Gasteiger partial charge on any atom is -0.373 e. The summed E-state index contributed by atoms with van der Waals surface area (Å²) in [4.78, 5) is 2.23. The second kappa shape index (κ2) is 5.85. The molecule has 2 rings (SSSR count). The number of nitrogens with zero attached hydrogens (tertiary/aromatic N) is 3. The van der Waals surface area contributed by atoms with Gasteiger partial charge in [0.2, 0.25) is 0 Å². The first-order chi connectivity index (χ1) is 8.61. The molecular weight excluding hydrogens is 272 g/mol. The van der Waals surface area contributed by atoms with Gasteiger partial charge in [0, 0.05) is 13.1 Å². The van der Waals surface area contributed by atoms with E-state index in [4.69, 9.17) is 21.6 Å². The summed E-state index contributed by atoms with van der Waals surface area (Å²) in [5.41, 5.74) is 0.415. The van der Waals surface area contributed by atoms with E-state index in [-0.39, 0.29) is 17.3 Å². The molecule has 0 amide bonds. The number of halogens is 1. The lowest BCUT2D eigenvalue weighted by Gasteiger charge is -2.34. The third kappa shape index (κ3) is 2.93. The van der Waals surface area contributed by atoms with Gasteiger partial charge >= 0.3 is 0 Å². The van der Waals surface area contributed by atoms with Crippen molar-refractivity contribution >= 4 is 28.1 Å². The molecule has 0 spiro atoms. The molecule has 0 aliphatic carbocycles. The van der Waals surface area contributed by atoms with Crippen molar-refractivity contribution in [1.82, 2.24) is 9.27 Å². The van der Waals surface area contributed by atoms with Crippen LogP contribution in [0.15, 0.2) is 0 Å². The summed E-state index contributed by atoms with van der Waals surface area (Å²) in [6, 6.07) is 2.17. The minimum absolute atomic E-state index is 0.108. The number of nitrogens with one attached hydrogen (secondary N) is 1. The third-order valence-electron chi connectivity index (χ3n) is 2.98. The van der Waals surface area contributed by atoms with Crippen molar-refractivity contribution in [2.24, 2.45) is 0 Å². The van der Waals surface area contributed by atoms with Crippen LogP contribution in [0.4, 0.5) is 5.00 Å². The van der Waals surface area contributed by atoms with Gasteiger partial charge < -0.3 is 15.0 Å². The maximum atomic E-state index is 9.01. The van der Waals surface area contributed by atoms with Crippen molar-refractivity contribution < 1.29 is 4.74 Å². The first kappa shape index (κ1) is 13.6. The summed E-state index contributed by atoms with van der Waals surface area (Å²) < 4.78 is 9.70. The summed E-state index contributed by atoms with van der Waals surface area (Å²) in [5.74, 6) is 0. The Labute approximate surface area is 115 Å². The van der Waals surface area contributed by atoms with Crippen LogP contribution in [-0.2, 0) is 4.74 Å². The zero-order valence-corrected chi connectivity index (χ0v) is 11.9. The van der Waals surface area contributed by atoms with Gasteiger partial charge in [0.15, 0.2) is 5.15 Å². The molecule has 0 bridgehead atoms. The maximum absolute atomic E-state index is 9.01. The first-order valence-electron chi connectivity index (χ1n) is 5.73. The average Bonchev–Trinajstić information content (AvgIpc) is 2.69. The van der Waals surface area contributed by atoms with Crippen LogP contribution in [0.1, 0.15) is 12.5 Å². The third-order valence-corrected chi connectivity index (χ3v) is 4.13. The molecule has 1 fully saturated rings. The van der Waals surface area contributed by atoms with Crippen LogP contribution in [0.5, 0.6) is 0 Å². The second-order valence-corrected chi connectivity index (χ2v) is 5.53. The lowest BCUT2D eigenvalue weighted by Crippen LogP contribution is -2.47. The van der Waals surface area contributed by atoms with Crippen LogP contribution in [0, 0.1) is 11.3 Å². The second-order valence-electron chi connectivity index (χ2n) is 4.39. The Balaban J connectivity index is 2.02. The van der Waals surface area contributed by atoms with Crippen LogP contribution in [0.2, 0.25) is 5.15 Å². The normalized spacial score (nSPS) is 22.4. The number of morpholine rings is 1. The molecule has 1 aromatic rings. The van der Waals surface area contributed by atoms with Crippen molar-refractivity contribution in [3.63, 3.8) is 0 Å². The number of hydrogen-bond donors (Lipinski definition) is 1. The molecule has 7 heteroatoms. The fraction of sp³-hybridized carbons (Fsp3) is 0.636. The van der Waals surface area contributed by atoms with Gasteiger partial charge in [0.05, 0.1) is 18.8 Å². The van der Waals surface area contributed by atoms with Gasteiger partial charge in [-0.3, -0.25) is 0 Å². The van der Waals surface area contributed by atoms with Gasteiger partial charge in [-0.25, -0.2) is 0 Å². The Kier molecular flexibility index (Phi) is 4.40. The van der Waals surface area contributed by atoms with Gasteiger partial charge in [-0.05, 0) is 25.5 Å². The van der Waals surface area contributed by atoms with E-state index in [1.54, 1.807) is 0 Å². The van der Waals surface area contributed by atoms with Crippen LogP contribution in [-0.4, -0.2) is 48.2 Å². The van der Waals surface area contributed by atoms with E-state index in [1.165, 1.54) is 11.5 Å². The largest absolute Gasteiger partial charge is 0.373 e. The lowest BCUT2D eigenvalue weighted by molar-refractivity contribution is -0.0259. The lowest BCUT2D eigenvalue weighted by atomic mass is 10.1. The number of nitriles is 1. The van der Waals surface area contributed by atoms with Gasteiger partial charge in [-0.15, -0.1) is 0 Å². The summed E-state index contributed by atoms with van der Waals surface area (Å²) in [6.45, 7) is 4.61. The number of ether oxygens (including phenoxy) is 1. The smallest absolute Gasteiger partial charge is 0.162 e. The molecule has 1 aliphatic heterocycles. The molecule has 98 valence electrons. The topological polar surface area (TPSA) is 61.2 Å². The van der Waals surface area contributed by atoms with E-state index in [1.807, 2.05) is 6.92 Å². The molecule has 0 aromatic carbocycles. The zero-order chi connectivity index (χ0) is 13.1. The van der Waals surface area contributed by atoms with E-state index in [9.17, 15) is 0 Å². The number of hydrogen-bond acceptors (Lipinski definition) is 6. The predicted octanol–water partition coefficient (Wildman–Crippen LogP) is 1.80. The van der Waals surface area contributed by atoms with E-state index < -0.39 is 0 Å². The van der Waals surface area contributed by atoms with Crippen molar-refractivity contribution in [1.29, 1.82) is 5.26 Å². The fourth-order valence-corrected chi connectivity index (χ4v) is 2.91. The summed E-state index contributed by atoms with van der Waals surface area (Å²) in [5, 5.41) is 13.3. The van der Waals surface area contributed by atoms with E-state index in [0.717, 1.165) is 19.7 Å². The SMILES string of the molecule is CC(Nc1snc(Cl)c1C#N)C1CN(C)CCO1. The van der Waals surface area contributed by atoms with Crippen molar-refractivity contribution in [3.05, 3.63) is 10.7 Å². The summed E-state index contributed by atoms with van der Waals surface area (Å²) >= 11 is 7.04. The standard InChI is InChI=1S/C11H15ClN4OS/c1-7(9-6-16(2)3-4-17-9)14-11-8(5-13)10(12)15-18-11/h7,9,14H,3-4,6H2,1-2H3. The highest BCUT2D eigenvalue weighted by atomic mass is 35.5. The minimum atomic E-state index is 0.108. The molecular formula is C11H15ClN4OS. The maximum Gasteiger partial charge on any atom is 0.162 e. The highest BCUT2D eigenvalue weighted by molar-refractivity contribution is 7.10. The Morgan fingerprint density at radius 1 is 1.72 bits per heavy atom. The molecule has 1 saturated heterocycles. The number of likely N-dealkylation sites (N-methyl/N-ethyl adjacent to an activating group) is 1. The molecule has 2 atom stereocenters. The molecule has 1 N–H and O–H groups in total. The monoisotopic (exact) mass is 286 g/mol. The van der Waals surface area contributed by atoms with Crippen LogP contribution in [0.3, 0.4) is 0 Å². The first-order valence-corrected chi connectivity index (χ1v) is 6.89. The quantitative estimate of drug-likeness (QED) is 0.918. The molecule has 18 heavy (non-hydrogen) atoms. The highest BCUT2D eigenvalue weighted by Gasteiger charge is 2.25. The summed E-state index contributed by atoms with van der Waals surface area (Å²) in [6.07, 6.45) is 0.108. The van der Waals surface area contributed by atoms with Gasteiger partial charge in [0.25, 0.3) is 0 Å². The van der Waals surface area contributed by atoms with Crippen molar-refractivity contribution in [2.45, 2.75) is 19.1 Å². The van der Waals surface area contributed by atoms with Crippen molar-refractivity contribution in [2.75, 3.05) is 32.1 Å². The Hall–Kier alpha value is -0.870. The van der Waals surface area contributed by atoms with Crippen molar-refractivity contribution in [3.8, 4) is 6.07 Å². The zero-order valence-electron chi connectivity index (χ0n) is 10.3. The van der Waals surface area contributed by atoms with Gasteiger partial charge in [0.1, 0.15) is 16.6 Å².